The number of aryl methyl sites for hydroxylation is 1. The number of carbonyl (C=O) groups is 1. The van der Waals surface area contributed by atoms with Gasteiger partial charge in [-0.3, -0.25) is 4.31 Å². The summed E-state index contributed by atoms with van der Waals surface area (Å²) in [4.78, 5) is 10.9. The van der Waals surface area contributed by atoms with Crippen molar-refractivity contribution in [3.63, 3.8) is 0 Å². The number of benzene rings is 3. The molecular formula is C24H21F3N2O5S. The largest absolute Gasteiger partial charge is 0.478 e. The van der Waals surface area contributed by atoms with Crippen LogP contribution < -0.4 is 14.4 Å². The van der Waals surface area contributed by atoms with Gasteiger partial charge in [0.2, 0.25) is 0 Å². The normalized spacial score (nSPS) is 13.4. The molecule has 0 fully saturated rings. The molecule has 0 aliphatic carbocycles. The molecule has 0 atom stereocenters. The smallest absolute Gasteiger partial charge is 0.387 e. The molecule has 0 spiro atoms. The number of hydrogen-bond donors (Lipinski definition) is 2. The molecule has 4 rings (SSSR count). The van der Waals surface area contributed by atoms with Gasteiger partial charge in [0, 0.05) is 18.8 Å². The first-order chi connectivity index (χ1) is 16.6. The third-order valence-corrected chi connectivity index (χ3v) is 7.39. The van der Waals surface area contributed by atoms with E-state index in [0.29, 0.717) is 24.2 Å². The van der Waals surface area contributed by atoms with E-state index in [1.807, 2.05) is 12.1 Å². The van der Waals surface area contributed by atoms with Crippen LogP contribution in [0, 0.1) is 5.82 Å². The zero-order chi connectivity index (χ0) is 25.2. The van der Waals surface area contributed by atoms with Gasteiger partial charge in [-0.25, -0.2) is 17.6 Å². The summed E-state index contributed by atoms with van der Waals surface area (Å²) in [7, 11) is -3.96. The van der Waals surface area contributed by atoms with Crippen LogP contribution >= 0.6 is 0 Å². The monoisotopic (exact) mass is 506 g/mol. The van der Waals surface area contributed by atoms with Crippen LogP contribution in [0.3, 0.4) is 0 Å². The maximum absolute atomic E-state index is 13.9. The third-order valence-electron chi connectivity index (χ3n) is 5.56. The average molecular weight is 507 g/mol. The molecule has 1 aliphatic heterocycles. The molecule has 2 N–H and O–H groups in total. The molecule has 3 aromatic rings. The Morgan fingerprint density at radius 1 is 1.09 bits per heavy atom. The van der Waals surface area contributed by atoms with Crippen LogP contribution in [0.4, 0.5) is 24.5 Å². The van der Waals surface area contributed by atoms with Crippen molar-refractivity contribution in [2.45, 2.75) is 30.9 Å². The van der Waals surface area contributed by atoms with E-state index in [1.54, 1.807) is 6.07 Å². The number of alkyl halides is 2. The summed E-state index contributed by atoms with van der Waals surface area (Å²) in [6, 6.07) is 13.9. The Balaban J connectivity index is 1.56. The van der Waals surface area contributed by atoms with E-state index >= 15 is 0 Å². The van der Waals surface area contributed by atoms with E-state index < -0.39 is 34.0 Å². The number of nitrogens with zero attached hydrogens (tertiary/aromatic N) is 1. The molecule has 0 radical (unpaired) electrons. The minimum absolute atomic E-state index is 0.0514. The molecule has 0 unspecified atom stereocenters. The van der Waals surface area contributed by atoms with Crippen LogP contribution in [-0.2, 0) is 23.0 Å². The first kappa shape index (κ1) is 24.4. The third kappa shape index (κ3) is 5.35. The number of hydrogen-bond acceptors (Lipinski definition) is 5. The topological polar surface area (TPSA) is 95.9 Å². The lowest BCUT2D eigenvalue weighted by molar-refractivity contribution is -0.0498. The number of nitrogens with one attached hydrogen (secondary N) is 1. The van der Waals surface area contributed by atoms with E-state index in [4.69, 9.17) is 5.11 Å². The first-order valence-electron chi connectivity index (χ1n) is 10.6. The molecule has 7 nitrogen and oxygen atoms in total. The standard InChI is InChI=1S/C24H21F3N2O5S/c25-21-13-17(5-10-20(21)23(30)31)28-14-15-3-4-16-2-1-11-29(22(16)12-15)35(32,33)19-8-6-18(7-9-19)34-24(26)27/h3-10,12-13,24,28H,1-2,11,14H2,(H,30,31). The lowest BCUT2D eigenvalue weighted by Gasteiger charge is -2.31. The maximum atomic E-state index is 13.9. The molecule has 1 aliphatic rings. The van der Waals surface area contributed by atoms with Crippen LogP contribution in [0.5, 0.6) is 5.75 Å². The fraction of sp³-hybridized carbons (Fsp3) is 0.208. The number of ether oxygens (including phenoxy) is 1. The highest BCUT2D eigenvalue weighted by molar-refractivity contribution is 7.92. The number of carboxylic acid groups (broad SMARTS) is 1. The molecule has 0 bridgehead atoms. The summed E-state index contributed by atoms with van der Waals surface area (Å²) in [6.45, 7) is -2.51. The second kappa shape index (κ2) is 9.87. The fourth-order valence-electron chi connectivity index (χ4n) is 3.87. The molecule has 0 aromatic heterocycles. The van der Waals surface area contributed by atoms with Gasteiger partial charge in [0.1, 0.15) is 11.6 Å². The molecule has 1 heterocycles. The molecule has 11 heteroatoms. The van der Waals surface area contributed by atoms with Gasteiger partial charge in [-0.15, -0.1) is 0 Å². The van der Waals surface area contributed by atoms with E-state index in [1.165, 1.54) is 40.7 Å². The van der Waals surface area contributed by atoms with Crippen molar-refractivity contribution in [3.05, 3.63) is 83.2 Å². The summed E-state index contributed by atoms with van der Waals surface area (Å²) >= 11 is 0. The Kier molecular flexibility index (Phi) is 6.88. The van der Waals surface area contributed by atoms with Gasteiger partial charge >= 0.3 is 12.6 Å². The van der Waals surface area contributed by atoms with Crippen molar-refractivity contribution in [1.29, 1.82) is 0 Å². The predicted octanol–water partition coefficient (Wildman–Crippen LogP) is 4.88. The van der Waals surface area contributed by atoms with Crippen molar-refractivity contribution in [2.75, 3.05) is 16.2 Å². The van der Waals surface area contributed by atoms with Crippen molar-refractivity contribution < 1.29 is 36.2 Å². The number of carboxylic acids is 1. The summed E-state index contributed by atoms with van der Waals surface area (Å²) in [5, 5.41) is 12.0. The lowest BCUT2D eigenvalue weighted by Crippen LogP contribution is -2.35. The van der Waals surface area contributed by atoms with E-state index in [2.05, 4.69) is 10.1 Å². The zero-order valence-electron chi connectivity index (χ0n) is 18.2. The molecule has 184 valence electrons. The first-order valence-corrected chi connectivity index (χ1v) is 12.1. The maximum Gasteiger partial charge on any atom is 0.387 e. The van der Waals surface area contributed by atoms with Crippen molar-refractivity contribution in [2.24, 2.45) is 0 Å². The molecule has 0 saturated carbocycles. The van der Waals surface area contributed by atoms with E-state index in [9.17, 15) is 26.4 Å². The van der Waals surface area contributed by atoms with Crippen molar-refractivity contribution in [1.82, 2.24) is 0 Å². The van der Waals surface area contributed by atoms with Crippen molar-refractivity contribution >= 4 is 27.4 Å². The summed E-state index contributed by atoms with van der Waals surface area (Å²) < 4.78 is 71.0. The van der Waals surface area contributed by atoms with Gasteiger partial charge in [0.15, 0.2) is 0 Å². The van der Waals surface area contributed by atoms with Crippen LogP contribution in [0.25, 0.3) is 0 Å². The summed E-state index contributed by atoms with van der Waals surface area (Å²) in [5.41, 5.74) is 2.03. The van der Waals surface area contributed by atoms with Crippen LogP contribution in [0.2, 0.25) is 0 Å². The Morgan fingerprint density at radius 3 is 2.49 bits per heavy atom. The minimum Gasteiger partial charge on any atom is -0.478 e. The summed E-state index contributed by atoms with van der Waals surface area (Å²) in [6.07, 6.45) is 1.31. The van der Waals surface area contributed by atoms with Gasteiger partial charge < -0.3 is 15.2 Å². The fourth-order valence-corrected chi connectivity index (χ4v) is 5.40. The van der Waals surface area contributed by atoms with Crippen LogP contribution in [-0.4, -0.2) is 32.6 Å². The highest BCUT2D eigenvalue weighted by atomic mass is 32.2. The van der Waals surface area contributed by atoms with E-state index in [-0.39, 0.29) is 23.7 Å². The van der Waals surface area contributed by atoms with Gasteiger partial charge in [-0.2, -0.15) is 8.78 Å². The van der Waals surface area contributed by atoms with Gasteiger partial charge in [-0.1, -0.05) is 12.1 Å². The predicted molar refractivity (Wildman–Crippen MR) is 123 cm³/mol. The number of fused-ring (bicyclic) bond motifs is 1. The molecular weight excluding hydrogens is 485 g/mol. The number of aromatic carboxylic acids is 1. The molecule has 0 saturated heterocycles. The SMILES string of the molecule is O=C(O)c1ccc(NCc2ccc3c(c2)N(S(=O)(=O)c2ccc(OC(F)F)cc2)CCC3)cc1F. The summed E-state index contributed by atoms with van der Waals surface area (Å²) in [5.74, 6) is -2.37. The molecule has 0 amide bonds. The number of rotatable bonds is 8. The Bertz CT molecular complexity index is 1350. The highest BCUT2D eigenvalue weighted by Gasteiger charge is 2.29. The van der Waals surface area contributed by atoms with Gasteiger partial charge in [-0.05, 0) is 72.5 Å². The van der Waals surface area contributed by atoms with Crippen LogP contribution in [0.1, 0.15) is 27.9 Å². The van der Waals surface area contributed by atoms with Crippen LogP contribution in [0.15, 0.2) is 65.6 Å². The van der Waals surface area contributed by atoms with Gasteiger partial charge in [0.25, 0.3) is 10.0 Å². The quantitative estimate of drug-likeness (QED) is 0.452. The molecule has 35 heavy (non-hydrogen) atoms. The Hall–Kier alpha value is -3.73. The second-order valence-corrected chi connectivity index (χ2v) is 9.71. The second-order valence-electron chi connectivity index (χ2n) is 7.85. The number of halogens is 3. The average Bonchev–Trinajstić information content (AvgIpc) is 2.82. The Morgan fingerprint density at radius 2 is 1.83 bits per heavy atom. The lowest BCUT2D eigenvalue weighted by atomic mass is 10.0. The minimum atomic E-state index is -3.96. The van der Waals surface area contributed by atoms with E-state index in [0.717, 1.165) is 17.2 Å². The zero-order valence-corrected chi connectivity index (χ0v) is 19.1. The molecule has 3 aromatic carbocycles. The number of sulfonamides is 1. The highest BCUT2D eigenvalue weighted by Crippen LogP contribution is 2.33. The Labute approximate surface area is 199 Å². The van der Waals surface area contributed by atoms with Crippen molar-refractivity contribution in [3.8, 4) is 5.75 Å². The van der Waals surface area contributed by atoms with Gasteiger partial charge in [0.05, 0.1) is 16.1 Å². The number of anilines is 2.